The first kappa shape index (κ1) is 16.1. The number of para-hydroxylation sites is 1. The number of benzene rings is 2. The minimum Gasteiger partial charge on any atom is -0.486 e. The summed E-state index contributed by atoms with van der Waals surface area (Å²) in [6.07, 6.45) is 2.46. The fourth-order valence-corrected chi connectivity index (χ4v) is 3.26. The van der Waals surface area contributed by atoms with Crippen LogP contribution in [0.4, 0.5) is 0 Å². The Morgan fingerprint density at radius 2 is 2.04 bits per heavy atom. The van der Waals surface area contributed by atoms with E-state index in [2.05, 4.69) is 11.1 Å². The zero-order valence-electron chi connectivity index (χ0n) is 14.1. The summed E-state index contributed by atoms with van der Waals surface area (Å²) in [5, 5.41) is 10.0. The minimum atomic E-state index is -0.0655. The Kier molecular flexibility index (Phi) is 4.24. The summed E-state index contributed by atoms with van der Waals surface area (Å²) in [6.45, 7) is 1.16. The van der Waals surface area contributed by atoms with Crippen molar-refractivity contribution in [2.24, 2.45) is 0 Å². The van der Waals surface area contributed by atoms with E-state index in [-0.39, 0.29) is 12.0 Å². The molecular weight excluding hydrogens is 326 g/mol. The van der Waals surface area contributed by atoms with Gasteiger partial charge in [-0.15, -0.1) is 0 Å². The van der Waals surface area contributed by atoms with E-state index in [1.54, 1.807) is 35.4 Å². The lowest BCUT2D eigenvalue weighted by molar-refractivity contribution is 0.0772. The molecule has 1 aliphatic heterocycles. The van der Waals surface area contributed by atoms with Crippen molar-refractivity contribution < 1.29 is 9.53 Å². The summed E-state index contributed by atoms with van der Waals surface area (Å²) < 4.78 is 6.14. The molecule has 1 amide bonds. The summed E-state index contributed by atoms with van der Waals surface area (Å²) in [7, 11) is 0. The maximum atomic E-state index is 12.7. The zero-order valence-corrected chi connectivity index (χ0v) is 14.1. The fourth-order valence-electron chi connectivity index (χ4n) is 3.26. The second kappa shape index (κ2) is 6.85. The van der Waals surface area contributed by atoms with Crippen LogP contribution in [0.15, 0.2) is 60.8 Å². The van der Waals surface area contributed by atoms with E-state index < -0.39 is 0 Å². The largest absolute Gasteiger partial charge is 0.486 e. The zero-order chi connectivity index (χ0) is 17.9. The van der Waals surface area contributed by atoms with Crippen LogP contribution >= 0.6 is 0 Å². The summed E-state index contributed by atoms with van der Waals surface area (Å²) in [4.78, 5) is 18.9. The molecule has 1 aromatic heterocycles. The van der Waals surface area contributed by atoms with Gasteiger partial charge < -0.3 is 9.64 Å². The number of nitriles is 1. The molecule has 4 rings (SSSR count). The van der Waals surface area contributed by atoms with Gasteiger partial charge >= 0.3 is 0 Å². The molecule has 3 aromatic rings. The molecule has 0 spiro atoms. The van der Waals surface area contributed by atoms with Crippen molar-refractivity contribution >= 4 is 16.8 Å². The quantitative estimate of drug-likeness (QED) is 0.731. The van der Waals surface area contributed by atoms with Gasteiger partial charge in [-0.05, 0) is 30.3 Å². The average molecular weight is 343 g/mol. The Labute approximate surface area is 151 Å². The first-order valence-electron chi connectivity index (χ1n) is 8.54. The number of ether oxygens (including phenoxy) is 1. The fraction of sp³-hybridized carbons (Fsp3) is 0.190. The molecule has 0 radical (unpaired) electrons. The van der Waals surface area contributed by atoms with Crippen molar-refractivity contribution in [3.05, 3.63) is 71.9 Å². The number of fused-ring (bicyclic) bond motifs is 1. The van der Waals surface area contributed by atoms with Gasteiger partial charge in [0.05, 0.1) is 18.2 Å². The molecule has 5 heteroatoms. The predicted octanol–water partition coefficient (Wildman–Crippen LogP) is 3.40. The SMILES string of the molecule is N#Cc1cccc(C(=O)N2CCC(Oc3cccc4cccnc34)C2)c1. The molecule has 0 saturated carbocycles. The highest BCUT2D eigenvalue weighted by molar-refractivity contribution is 5.94. The second-order valence-corrected chi connectivity index (χ2v) is 6.30. The molecule has 1 saturated heterocycles. The monoisotopic (exact) mass is 343 g/mol. The number of carbonyl (C=O) groups excluding carboxylic acids is 1. The highest BCUT2D eigenvalue weighted by atomic mass is 16.5. The molecule has 1 unspecified atom stereocenters. The molecule has 5 nitrogen and oxygen atoms in total. The van der Waals surface area contributed by atoms with Crippen LogP contribution in [-0.2, 0) is 0 Å². The minimum absolute atomic E-state index is 0.0642. The van der Waals surface area contributed by atoms with Crippen LogP contribution in [0.3, 0.4) is 0 Å². The number of hydrogen-bond donors (Lipinski definition) is 0. The third-order valence-electron chi connectivity index (χ3n) is 4.56. The van der Waals surface area contributed by atoms with Crippen LogP contribution in [0.5, 0.6) is 5.75 Å². The van der Waals surface area contributed by atoms with Gasteiger partial charge in [-0.2, -0.15) is 5.26 Å². The number of hydrogen-bond acceptors (Lipinski definition) is 4. The number of pyridine rings is 1. The van der Waals surface area contributed by atoms with Crippen molar-refractivity contribution in [3.63, 3.8) is 0 Å². The van der Waals surface area contributed by atoms with Crippen molar-refractivity contribution in [2.75, 3.05) is 13.1 Å². The summed E-state index contributed by atoms with van der Waals surface area (Å²) >= 11 is 0. The van der Waals surface area contributed by atoms with E-state index in [0.717, 1.165) is 23.1 Å². The topological polar surface area (TPSA) is 66.2 Å². The van der Waals surface area contributed by atoms with E-state index in [0.29, 0.717) is 24.2 Å². The van der Waals surface area contributed by atoms with Crippen LogP contribution in [0, 0.1) is 11.3 Å². The lowest BCUT2D eigenvalue weighted by atomic mass is 10.1. The smallest absolute Gasteiger partial charge is 0.254 e. The predicted molar refractivity (Wildman–Crippen MR) is 97.8 cm³/mol. The van der Waals surface area contributed by atoms with Crippen molar-refractivity contribution in [1.82, 2.24) is 9.88 Å². The first-order chi connectivity index (χ1) is 12.7. The molecular formula is C21H17N3O2. The number of rotatable bonds is 3. The molecule has 2 aromatic carbocycles. The van der Waals surface area contributed by atoms with Crippen LogP contribution in [0.1, 0.15) is 22.3 Å². The second-order valence-electron chi connectivity index (χ2n) is 6.30. The van der Waals surface area contributed by atoms with Gasteiger partial charge in [0.25, 0.3) is 5.91 Å². The van der Waals surface area contributed by atoms with Crippen molar-refractivity contribution in [1.29, 1.82) is 5.26 Å². The van der Waals surface area contributed by atoms with E-state index >= 15 is 0 Å². The average Bonchev–Trinajstić information content (AvgIpc) is 3.16. The van der Waals surface area contributed by atoms with Gasteiger partial charge in [-0.25, -0.2) is 0 Å². The summed E-state index contributed by atoms with van der Waals surface area (Å²) in [5.74, 6) is 0.679. The van der Waals surface area contributed by atoms with Gasteiger partial charge in [0.15, 0.2) is 0 Å². The third-order valence-corrected chi connectivity index (χ3v) is 4.56. The lowest BCUT2D eigenvalue weighted by Gasteiger charge is -2.18. The van der Waals surface area contributed by atoms with Crippen molar-refractivity contribution in [3.8, 4) is 11.8 Å². The molecule has 0 bridgehead atoms. The standard InChI is InChI=1S/C21H17N3O2/c22-13-15-4-1-6-17(12-15)21(25)24-11-9-18(14-24)26-19-8-2-5-16-7-3-10-23-20(16)19/h1-8,10,12,18H,9,11,14H2. The van der Waals surface area contributed by atoms with Gasteiger partial charge in [0.1, 0.15) is 17.4 Å². The molecule has 1 fully saturated rings. The Morgan fingerprint density at radius 3 is 2.92 bits per heavy atom. The molecule has 2 heterocycles. The van der Waals surface area contributed by atoms with Gasteiger partial charge in [-0.3, -0.25) is 9.78 Å². The molecule has 0 aliphatic carbocycles. The maximum absolute atomic E-state index is 12.7. The Bertz CT molecular complexity index is 1000. The normalized spacial score (nSPS) is 16.4. The molecule has 0 N–H and O–H groups in total. The highest BCUT2D eigenvalue weighted by Gasteiger charge is 2.28. The van der Waals surface area contributed by atoms with E-state index in [1.165, 1.54) is 0 Å². The Morgan fingerprint density at radius 1 is 1.19 bits per heavy atom. The number of nitrogens with zero attached hydrogens (tertiary/aromatic N) is 3. The van der Waals surface area contributed by atoms with Crippen molar-refractivity contribution in [2.45, 2.75) is 12.5 Å². The van der Waals surface area contributed by atoms with Crippen LogP contribution < -0.4 is 4.74 Å². The van der Waals surface area contributed by atoms with E-state index in [4.69, 9.17) is 10.00 Å². The van der Waals surface area contributed by atoms with Crippen LogP contribution in [0.2, 0.25) is 0 Å². The molecule has 128 valence electrons. The lowest BCUT2D eigenvalue weighted by Crippen LogP contribution is -2.31. The first-order valence-corrected chi connectivity index (χ1v) is 8.54. The number of amides is 1. The van der Waals surface area contributed by atoms with E-state index in [9.17, 15) is 4.79 Å². The molecule has 1 atom stereocenters. The summed E-state index contributed by atoms with van der Waals surface area (Å²) in [5.41, 5.74) is 1.86. The highest BCUT2D eigenvalue weighted by Crippen LogP contribution is 2.26. The third kappa shape index (κ3) is 3.09. The van der Waals surface area contributed by atoms with Gasteiger partial charge in [-0.1, -0.05) is 24.3 Å². The van der Waals surface area contributed by atoms with Gasteiger partial charge in [0.2, 0.25) is 0 Å². The van der Waals surface area contributed by atoms with Gasteiger partial charge in [0, 0.05) is 30.1 Å². The van der Waals surface area contributed by atoms with Crippen LogP contribution in [0.25, 0.3) is 10.9 Å². The summed E-state index contributed by atoms with van der Waals surface area (Å²) in [6, 6.07) is 18.6. The van der Waals surface area contributed by atoms with Crippen LogP contribution in [-0.4, -0.2) is 35.0 Å². The van der Waals surface area contributed by atoms with E-state index in [1.807, 2.05) is 30.3 Å². The number of likely N-dealkylation sites (tertiary alicyclic amines) is 1. The Balaban J connectivity index is 1.48. The number of carbonyl (C=O) groups is 1. The Hall–Kier alpha value is -3.39. The molecule has 1 aliphatic rings. The molecule has 26 heavy (non-hydrogen) atoms. The maximum Gasteiger partial charge on any atom is 0.254 e. The number of aromatic nitrogens is 1.